The van der Waals surface area contributed by atoms with E-state index in [-0.39, 0.29) is 12.5 Å². The second-order valence-electron chi connectivity index (χ2n) is 6.01. The second kappa shape index (κ2) is 5.49. The third-order valence-electron chi connectivity index (χ3n) is 4.55. The van der Waals surface area contributed by atoms with Gasteiger partial charge in [0, 0.05) is 13.2 Å². The first kappa shape index (κ1) is 14.3. The highest BCUT2D eigenvalue weighted by Crippen LogP contribution is 2.36. The zero-order chi connectivity index (χ0) is 13.9. The van der Waals surface area contributed by atoms with Crippen LogP contribution in [0.1, 0.15) is 51.9 Å². The Morgan fingerprint density at radius 2 is 1.84 bits per heavy atom. The molecule has 0 aromatic carbocycles. The third-order valence-corrected chi connectivity index (χ3v) is 4.55. The van der Waals surface area contributed by atoms with Crippen molar-refractivity contribution < 1.29 is 19.4 Å². The van der Waals surface area contributed by atoms with Crippen molar-refractivity contribution in [3.63, 3.8) is 0 Å². The van der Waals surface area contributed by atoms with Crippen LogP contribution in [0.4, 0.5) is 0 Å². The molecule has 1 heterocycles. The van der Waals surface area contributed by atoms with Gasteiger partial charge in [0.1, 0.15) is 5.60 Å². The molecule has 0 bridgehead atoms. The Morgan fingerprint density at radius 1 is 1.16 bits per heavy atom. The van der Waals surface area contributed by atoms with Gasteiger partial charge in [0.2, 0.25) is 0 Å². The average molecular weight is 269 g/mol. The van der Waals surface area contributed by atoms with Gasteiger partial charge in [-0.15, -0.1) is 0 Å². The molecule has 2 rings (SSSR count). The van der Waals surface area contributed by atoms with E-state index in [1.54, 1.807) is 6.92 Å². The molecule has 2 fully saturated rings. The number of rotatable bonds is 4. The molecule has 19 heavy (non-hydrogen) atoms. The van der Waals surface area contributed by atoms with Crippen molar-refractivity contribution in [2.24, 2.45) is 5.41 Å². The molecule has 1 unspecified atom stereocenters. The lowest BCUT2D eigenvalue weighted by atomic mass is 9.74. The Hall–Kier alpha value is -1.10. The number of amides is 1. The normalized spacial score (nSPS) is 29.9. The van der Waals surface area contributed by atoms with Gasteiger partial charge >= 0.3 is 5.97 Å². The highest BCUT2D eigenvalue weighted by Gasteiger charge is 2.43. The molecule has 1 atom stereocenters. The molecule has 1 amide bonds. The van der Waals surface area contributed by atoms with Gasteiger partial charge in [-0.25, -0.2) is 0 Å². The zero-order valence-electron chi connectivity index (χ0n) is 11.5. The van der Waals surface area contributed by atoms with Crippen molar-refractivity contribution in [2.45, 2.75) is 57.5 Å². The first-order valence-electron chi connectivity index (χ1n) is 7.14. The molecular weight excluding hydrogens is 246 g/mol. The molecule has 108 valence electrons. The van der Waals surface area contributed by atoms with Crippen LogP contribution >= 0.6 is 0 Å². The van der Waals surface area contributed by atoms with Crippen molar-refractivity contribution in [1.29, 1.82) is 0 Å². The summed E-state index contributed by atoms with van der Waals surface area (Å²) in [5, 5.41) is 12.3. The maximum atomic E-state index is 12.1. The van der Waals surface area contributed by atoms with E-state index in [9.17, 15) is 14.7 Å². The number of aliphatic carboxylic acids is 1. The van der Waals surface area contributed by atoms with Crippen molar-refractivity contribution in [3.8, 4) is 0 Å². The van der Waals surface area contributed by atoms with Gasteiger partial charge < -0.3 is 15.2 Å². The van der Waals surface area contributed by atoms with E-state index in [0.29, 0.717) is 25.9 Å². The Bertz CT molecular complexity index is 354. The van der Waals surface area contributed by atoms with Crippen LogP contribution in [0.2, 0.25) is 0 Å². The summed E-state index contributed by atoms with van der Waals surface area (Å²) in [6.45, 7) is 2.61. The summed E-state index contributed by atoms with van der Waals surface area (Å²) in [7, 11) is 0. The van der Waals surface area contributed by atoms with Gasteiger partial charge in [0.05, 0.1) is 5.41 Å². The van der Waals surface area contributed by atoms with Gasteiger partial charge in [-0.05, 0) is 32.6 Å². The van der Waals surface area contributed by atoms with E-state index in [1.165, 1.54) is 0 Å². The highest BCUT2D eigenvalue weighted by atomic mass is 16.5. The van der Waals surface area contributed by atoms with Crippen molar-refractivity contribution in [2.75, 3.05) is 13.2 Å². The van der Waals surface area contributed by atoms with Crippen LogP contribution < -0.4 is 5.32 Å². The zero-order valence-corrected chi connectivity index (χ0v) is 11.5. The summed E-state index contributed by atoms with van der Waals surface area (Å²) in [5.74, 6) is -0.957. The summed E-state index contributed by atoms with van der Waals surface area (Å²) in [4.78, 5) is 23.7. The van der Waals surface area contributed by atoms with E-state index >= 15 is 0 Å². The molecule has 1 saturated heterocycles. The van der Waals surface area contributed by atoms with E-state index in [0.717, 1.165) is 25.7 Å². The lowest BCUT2D eigenvalue weighted by molar-refractivity contribution is -0.152. The summed E-state index contributed by atoms with van der Waals surface area (Å²) in [5.41, 5.74) is -1.54. The molecule has 0 aromatic rings. The van der Waals surface area contributed by atoms with Gasteiger partial charge in [-0.1, -0.05) is 19.3 Å². The van der Waals surface area contributed by atoms with Gasteiger partial charge in [0.15, 0.2) is 0 Å². The number of hydrogen-bond donors (Lipinski definition) is 2. The minimum Gasteiger partial charge on any atom is -0.481 e. The number of carbonyl (C=O) groups excluding carboxylic acids is 1. The highest BCUT2D eigenvalue weighted by molar-refractivity contribution is 5.86. The number of hydrogen-bond acceptors (Lipinski definition) is 3. The first-order chi connectivity index (χ1) is 8.99. The molecule has 1 saturated carbocycles. The van der Waals surface area contributed by atoms with Crippen LogP contribution in [-0.2, 0) is 14.3 Å². The lowest BCUT2D eigenvalue weighted by Gasteiger charge is -2.34. The molecule has 0 radical (unpaired) electrons. The second-order valence-corrected chi connectivity index (χ2v) is 6.01. The smallest absolute Gasteiger partial charge is 0.311 e. The van der Waals surface area contributed by atoms with Crippen molar-refractivity contribution in [3.05, 3.63) is 0 Å². The predicted molar refractivity (Wildman–Crippen MR) is 69.8 cm³/mol. The van der Waals surface area contributed by atoms with Crippen molar-refractivity contribution in [1.82, 2.24) is 5.32 Å². The molecule has 0 spiro atoms. The van der Waals surface area contributed by atoms with Crippen LogP contribution in [0, 0.1) is 5.41 Å². The van der Waals surface area contributed by atoms with Crippen LogP contribution in [0.5, 0.6) is 0 Å². The van der Waals surface area contributed by atoms with E-state index in [4.69, 9.17) is 4.74 Å². The number of nitrogens with one attached hydrogen (secondary N) is 1. The summed E-state index contributed by atoms with van der Waals surface area (Å²) in [6.07, 6.45) is 5.84. The number of carboxylic acid groups (broad SMARTS) is 1. The molecule has 2 N–H and O–H groups in total. The number of carboxylic acids is 1. The van der Waals surface area contributed by atoms with Crippen LogP contribution in [0.3, 0.4) is 0 Å². The minimum absolute atomic E-state index is 0.170. The Kier molecular flexibility index (Phi) is 4.13. The quantitative estimate of drug-likeness (QED) is 0.814. The van der Waals surface area contributed by atoms with Crippen molar-refractivity contribution >= 4 is 11.9 Å². The van der Waals surface area contributed by atoms with E-state index in [1.807, 2.05) is 0 Å². The fraction of sp³-hybridized carbons (Fsp3) is 0.857. The average Bonchev–Trinajstić information content (AvgIpc) is 2.85. The molecule has 2 aliphatic rings. The third kappa shape index (κ3) is 2.91. The first-order valence-corrected chi connectivity index (χ1v) is 7.14. The Balaban J connectivity index is 1.95. The minimum atomic E-state index is -0.787. The molecule has 1 aliphatic carbocycles. The Morgan fingerprint density at radius 3 is 2.37 bits per heavy atom. The van der Waals surface area contributed by atoms with E-state index in [2.05, 4.69) is 5.32 Å². The summed E-state index contributed by atoms with van der Waals surface area (Å²) < 4.78 is 5.48. The molecular formula is C14H23NO4. The predicted octanol–water partition coefficient (Wildman–Crippen LogP) is 1.71. The molecule has 5 nitrogen and oxygen atoms in total. The van der Waals surface area contributed by atoms with Gasteiger partial charge in [0.25, 0.3) is 5.91 Å². The van der Waals surface area contributed by atoms with Gasteiger partial charge in [-0.2, -0.15) is 0 Å². The van der Waals surface area contributed by atoms with E-state index < -0.39 is 17.0 Å². The topological polar surface area (TPSA) is 75.6 Å². The number of carbonyl (C=O) groups is 2. The van der Waals surface area contributed by atoms with Crippen LogP contribution in [-0.4, -0.2) is 35.7 Å². The largest absolute Gasteiger partial charge is 0.481 e. The SMILES string of the molecule is CC1(C(=O)NCC2(C(=O)O)CCCCC2)CCCO1. The fourth-order valence-electron chi connectivity index (χ4n) is 3.09. The fourth-order valence-corrected chi connectivity index (χ4v) is 3.09. The van der Waals surface area contributed by atoms with Gasteiger partial charge in [-0.3, -0.25) is 9.59 Å². The van der Waals surface area contributed by atoms with Crippen LogP contribution in [0.15, 0.2) is 0 Å². The number of ether oxygens (including phenoxy) is 1. The maximum absolute atomic E-state index is 12.1. The lowest BCUT2D eigenvalue weighted by Crippen LogP contribution is -2.50. The standard InChI is InChI=1S/C14H23NO4/c1-13(6-5-9-19-13)11(16)15-10-14(12(17)18)7-3-2-4-8-14/h2-10H2,1H3,(H,15,16)(H,17,18). The maximum Gasteiger partial charge on any atom is 0.311 e. The monoisotopic (exact) mass is 269 g/mol. The Labute approximate surface area is 113 Å². The summed E-state index contributed by atoms with van der Waals surface area (Å²) in [6, 6.07) is 0. The molecule has 1 aliphatic heterocycles. The molecule has 0 aromatic heterocycles. The molecule has 5 heteroatoms. The summed E-state index contributed by atoms with van der Waals surface area (Å²) >= 11 is 0. The van der Waals surface area contributed by atoms with Crippen LogP contribution in [0.25, 0.3) is 0 Å².